The molecule has 1 rings (SSSR count). The SMILES string of the molecule is CN(C)c1cc(C(=O)O)c(NC(=O)OC(C)(C)C)cn1. The first-order valence-corrected chi connectivity index (χ1v) is 6.01. The summed E-state index contributed by atoms with van der Waals surface area (Å²) in [4.78, 5) is 28.6. The van der Waals surface area contributed by atoms with Crippen molar-refractivity contribution in [1.29, 1.82) is 0 Å². The Morgan fingerprint density at radius 3 is 2.40 bits per heavy atom. The van der Waals surface area contributed by atoms with Crippen LogP contribution in [0.1, 0.15) is 31.1 Å². The molecular formula is C13H19N3O4. The topological polar surface area (TPSA) is 91.8 Å². The number of aromatic carboxylic acids is 1. The Morgan fingerprint density at radius 2 is 1.95 bits per heavy atom. The van der Waals surface area contributed by atoms with Crippen molar-refractivity contribution in [2.45, 2.75) is 26.4 Å². The third kappa shape index (κ3) is 4.42. The maximum absolute atomic E-state index is 11.7. The number of nitrogens with one attached hydrogen (secondary N) is 1. The van der Waals surface area contributed by atoms with Crippen molar-refractivity contribution in [3.05, 3.63) is 17.8 Å². The predicted octanol–water partition coefficient (Wildman–Crippen LogP) is 2.19. The van der Waals surface area contributed by atoms with E-state index in [0.717, 1.165) is 0 Å². The Hall–Kier alpha value is -2.31. The van der Waals surface area contributed by atoms with Gasteiger partial charge in [-0.15, -0.1) is 0 Å². The standard InChI is InChI=1S/C13H19N3O4/c1-13(2,3)20-12(19)15-9-7-14-10(16(4)5)6-8(9)11(17)18/h6-7H,1-5H3,(H,15,19)(H,17,18). The zero-order valence-electron chi connectivity index (χ0n) is 12.2. The highest BCUT2D eigenvalue weighted by atomic mass is 16.6. The normalized spacial score (nSPS) is 10.8. The molecule has 110 valence electrons. The minimum absolute atomic E-state index is 0.0467. The van der Waals surface area contributed by atoms with Crippen LogP contribution in [0.4, 0.5) is 16.3 Å². The maximum Gasteiger partial charge on any atom is 0.412 e. The van der Waals surface area contributed by atoms with Crippen molar-refractivity contribution in [3.63, 3.8) is 0 Å². The average Bonchev–Trinajstić information content (AvgIpc) is 2.25. The van der Waals surface area contributed by atoms with Gasteiger partial charge in [-0.05, 0) is 26.8 Å². The summed E-state index contributed by atoms with van der Waals surface area (Å²) in [6.07, 6.45) is 0.572. The molecule has 0 saturated carbocycles. The lowest BCUT2D eigenvalue weighted by Gasteiger charge is -2.20. The largest absolute Gasteiger partial charge is 0.478 e. The summed E-state index contributed by atoms with van der Waals surface area (Å²) in [6.45, 7) is 5.16. The van der Waals surface area contributed by atoms with Gasteiger partial charge in [0.25, 0.3) is 0 Å². The number of hydrogen-bond donors (Lipinski definition) is 2. The van der Waals surface area contributed by atoms with Gasteiger partial charge in [0.05, 0.1) is 17.4 Å². The summed E-state index contributed by atoms with van der Waals surface area (Å²) >= 11 is 0. The van der Waals surface area contributed by atoms with Crippen LogP contribution < -0.4 is 10.2 Å². The van der Waals surface area contributed by atoms with Gasteiger partial charge in [0.1, 0.15) is 11.4 Å². The quantitative estimate of drug-likeness (QED) is 0.882. The first-order valence-electron chi connectivity index (χ1n) is 6.01. The molecule has 0 aliphatic heterocycles. The Morgan fingerprint density at radius 1 is 1.35 bits per heavy atom. The Balaban J connectivity index is 3.00. The molecule has 1 amide bonds. The first-order chi connectivity index (χ1) is 9.10. The molecule has 7 nitrogen and oxygen atoms in total. The number of carbonyl (C=O) groups is 2. The van der Waals surface area contributed by atoms with E-state index in [-0.39, 0.29) is 11.3 Å². The van der Waals surface area contributed by atoms with Gasteiger partial charge in [0, 0.05) is 14.1 Å². The molecule has 0 unspecified atom stereocenters. The van der Waals surface area contributed by atoms with Gasteiger partial charge >= 0.3 is 12.1 Å². The molecule has 1 aromatic heterocycles. The van der Waals surface area contributed by atoms with Crippen molar-refractivity contribution < 1.29 is 19.4 Å². The van der Waals surface area contributed by atoms with E-state index in [2.05, 4.69) is 10.3 Å². The number of ether oxygens (including phenoxy) is 1. The fraction of sp³-hybridized carbons (Fsp3) is 0.462. The van der Waals surface area contributed by atoms with Crippen LogP contribution >= 0.6 is 0 Å². The molecule has 0 fully saturated rings. The van der Waals surface area contributed by atoms with Gasteiger partial charge in [-0.3, -0.25) is 5.32 Å². The Bertz CT molecular complexity index is 521. The number of carbonyl (C=O) groups excluding carboxylic acids is 1. The van der Waals surface area contributed by atoms with Crippen LogP contribution in [0, 0.1) is 0 Å². The van der Waals surface area contributed by atoms with Crippen LogP contribution in [-0.2, 0) is 4.74 Å². The van der Waals surface area contributed by atoms with Gasteiger partial charge in [0.15, 0.2) is 0 Å². The van der Waals surface area contributed by atoms with E-state index in [1.54, 1.807) is 39.8 Å². The van der Waals surface area contributed by atoms with E-state index >= 15 is 0 Å². The zero-order chi connectivity index (χ0) is 15.5. The predicted molar refractivity (Wildman–Crippen MR) is 75.4 cm³/mol. The number of pyridine rings is 1. The third-order valence-corrected chi connectivity index (χ3v) is 2.21. The van der Waals surface area contributed by atoms with Crippen molar-refractivity contribution in [2.75, 3.05) is 24.3 Å². The van der Waals surface area contributed by atoms with Crippen LogP contribution in [0.3, 0.4) is 0 Å². The molecule has 0 saturated heterocycles. The first kappa shape index (κ1) is 15.7. The lowest BCUT2D eigenvalue weighted by molar-refractivity contribution is 0.0636. The Kier molecular flexibility index (Phi) is 4.54. The summed E-state index contributed by atoms with van der Waals surface area (Å²) < 4.78 is 5.07. The van der Waals surface area contributed by atoms with Crippen LogP contribution in [0.15, 0.2) is 12.3 Å². The number of carboxylic acid groups (broad SMARTS) is 1. The number of aromatic nitrogens is 1. The summed E-state index contributed by atoms with van der Waals surface area (Å²) in [5.74, 6) is -0.668. The van der Waals surface area contributed by atoms with E-state index in [1.807, 2.05) is 0 Å². The lowest BCUT2D eigenvalue weighted by atomic mass is 10.2. The van der Waals surface area contributed by atoms with Crippen LogP contribution in [0.25, 0.3) is 0 Å². The Labute approximate surface area is 117 Å². The van der Waals surface area contributed by atoms with Crippen LogP contribution in [0.5, 0.6) is 0 Å². The van der Waals surface area contributed by atoms with Crippen molar-refractivity contribution in [2.24, 2.45) is 0 Å². The van der Waals surface area contributed by atoms with E-state index in [4.69, 9.17) is 4.74 Å². The third-order valence-electron chi connectivity index (χ3n) is 2.21. The molecule has 0 radical (unpaired) electrons. The van der Waals surface area contributed by atoms with Gasteiger partial charge in [-0.25, -0.2) is 14.6 Å². The monoisotopic (exact) mass is 281 g/mol. The summed E-state index contributed by atoms with van der Waals surface area (Å²) in [6, 6.07) is 1.38. The number of carboxylic acids is 1. The number of rotatable bonds is 3. The second kappa shape index (κ2) is 5.77. The number of amides is 1. The second-order valence-electron chi connectivity index (χ2n) is 5.41. The molecule has 1 heterocycles. The van der Waals surface area contributed by atoms with Crippen molar-refractivity contribution in [3.8, 4) is 0 Å². The minimum Gasteiger partial charge on any atom is -0.478 e. The second-order valence-corrected chi connectivity index (χ2v) is 5.41. The van der Waals surface area contributed by atoms with Crippen molar-refractivity contribution >= 4 is 23.6 Å². The van der Waals surface area contributed by atoms with Gasteiger partial charge < -0.3 is 14.7 Å². The number of hydrogen-bond acceptors (Lipinski definition) is 5. The van der Waals surface area contributed by atoms with E-state index < -0.39 is 17.7 Å². The maximum atomic E-state index is 11.7. The van der Waals surface area contributed by atoms with Gasteiger partial charge in [-0.1, -0.05) is 0 Å². The molecule has 20 heavy (non-hydrogen) atoms. The molecule has 1 aromatic rings. The van der Waals surface area contributed by atoms with Crippen LogP contribution in [0.2, 0.25) is 0 Å². The number of nitrogens with zero attached hydrogens (tertiary/aromatic N) is 2. The van der Waals surface area contributed by atoms with Gasteiger partial charge in [-0.2, -0.15) is 0 Å². The smallest absolute Gasteiger partial charge is 0.412 e. The van der Waals surface area contributed by atoms with E-state index in [1.165, 1.54) is 12.3 Å². The highest BCUT2D eigenvalue weighted by molar-refractivity contribution is 5.99. The fourth-order valence-electron chi connectivity index (χ4n) is 1.38. The highest BCUT2D eigenvalue weighted by Crippen LogP contribution is 2.20. The summed E-state index contributed by atoms with van der Waals surface area (Å²) in [7, 11) is 3.49. The van der Waals surface area contributed by atoms with Crippen LogP contribution in [-0.4, -0.2) is 41.8 Å². The minimum atomic E-state index is -1.15. The molecule has 0 aliphatic carbocycles. The molecule has 0 spiro atoms. The van der Waals surface area contributed by atoms with E-state index in [0.29, 0.717) is 5.82 Å². The zero-order valence-corrected chi connectivity index (χ0v) is 12.2. The highest BCUT2D eigenvalue weighted by Gasteiger charge is 2.19. The van der Waals surface area contributed by atoms with Crippen molar-refractivity contribution in [1.82, 2.24) is 4.98 Å². The summed E-state index contributed by atoms with van der Waals surface area (Å²) in [5, 5.41) is 11.6. The molecule has 2 N–H and O–H groups in total. The average molecular weight is 281 g/mol. The van der Waals surface area contributed by atoms with E-state index in [9.17, 15) is 14.7 Å². The molecule has 0 atom stereocenters. The summed E-state index contributed by atoms with van der Waals surface area (Å²) in [5.41, 5.74) is -0.614. The molecule has 0 aromatic carbocycles. The van der Waals surface area contributed by atoms with Gasteiger partial charge in [0.2, 0.25) is 0 Å². The molecule has 7 heteroatoms. The number of anilines is 2. The molecule has 0 bridgehead atoms. The lowest BCUT2D eigenvalue weighted by Crippen LogP contribution is -2.28. The fourth-order valence-corrected chi connectivity index (χ4v) is 1.38. The molecular weight excluding hydrogens is 262 g/mol. The molecule has 0 aliphatic rings.